The van der Waals surface area contributed by atoms with Gasteiger partial charge in [0.05, 0.1) is 5.92 Å². The average Bonchev–Trinajstić information content (AvgIpc) is 2.59. The molecule has 132 valence electrons. The first-order valence-electron chi connectivity index (χ1n) is 8.62. The van der Waals surface area contributed by atoms with Gasteiger partial charge in [-0.2, -0.15) is 0 Å². The molecule has 0 aromatic heterocycles. The molecule has 1 unspecified atom stereocenters. The molecule has 0 fully saturated rings. The van der Waals surface area contributed by atoms with Gasteiger partial charge in [0.15, 0.2) is 0 Å². The first kappa shape index (κ1) is 18.7. The Hall–Kier alpha value is -2.62. The van der Waals surface area contributed by atoms with Crippen LogP contribution in [0.1, 0.15) is 53.7 Å². The first-order valence-corrected chi connectivity index (χ1v) is 8.62. The van der Waals surface area contributed by atoms with Gasteiger partial charge in [-0.3, -0.25) is 20.4 Å². The standard InChI is InChI=1S/C21H26N2O2/c1-14(2)13-17-7-11-18(12-8-17)16(4)20(24)22-23-21(25)19-9-5-15(3)6-10-19/h5-12,14,16H,13H2,1-4H3,(H,22,24)(H,23,25). The van der Waals surface area contributed by atoms with Crippen LogP contribution in [0.2, 0.25) is 0 Å². The maximum Gasteiger partial charge on any atom is 0.269 e. The number of benzene rings is 2. The molecule has 0 bridgehead atoms. The molecular weight excluding hydrogens is 312 g/mol. The van der Waals surface area contributed by atoms with Gasteiger partial charge >= 0.3 is 0 Å². The molecule has 4 heteroatoms. The van der Waals surface area contributed by atoms with Crippen LogP contribution < -0.4 is 10.9 Å². The SMILES string of the molecule is Cc1ccc(C(=O)NNC(=O)C(C)c2ccc(CC(C)C)cc2)cc1. The van der Waals surface area contributed by atoms with Gasteiger partial charge in [-0.25, -0.2) is 0 Å². The third-order valence-corrected chi connectivity index (χ3v) is 4.13. The van der Waals surface area contributed by atoms with Crippen LogP contribution in [0.4, 0.5) is 0 Å². The maximum atomic E-state index is 12.3. The van der Waals surface area contributed by atoms with Crippen LogP contribution in [0.15, 0.2) is 48.5 Å². The minimum atomic E-state index is -0.341. The summed E-state index contributed by atoms with van der Waals surface area (Å²) in [6, 6.07) is 15.2. The Kier molecular flexibility index (Phi) is 6.34. The monoisotopic (exact) mass is 338 g/mol. The molecule has 2 amide bonds. The molecule has 0 saturated heterocycles. The molecule has 25 heavy (non-hydrogen) atoms. The zero-order chi connectivity index (χ0) is 18.4. The second-order valence-corrected chi connectivity index (χ2v) is 6.87. The lowest BCUT2D eigenvalue weighted by Crippen LogP contribution is -2.43. The van der Waals surface area contributed by atoms with Gasteiger partial charge in [0.1, 0.15) is 0 Å². The Bertz CT molecular complexity index is 719. The van der Waals surface area contributed by atoms with E-state index in [2.05, 4.69) is 36.8 Å². The van der Waals surface area contributed by atoms with Gasteiger partial charge in [0.25, 0.3) is 5.91 Å². The lowest BCUT2D eigenvalue weighted by atomic mass is 9.96. The van der Waals surface area contributed by atoms with Crippen LogP contribution in [-0.2, 0) is 11.2 Å². The minimum Gasteiger partial charge on any atom is -0.273 e. The molecule has 0 aliphatic heterocycles. The van der Waals surface area contributed by atoms with E-state index in [-0.39, 0.29) is 17.7 Å². The molecule has 0 saturated carbocycles. The van der Waals surface area contributed by atoms with E-state index in [9.17, 15) is 9.59 Å². The summed E-state index contributed by atoms with van der Waals surface area (Å²) in [5.41, 5.74) is 8.75. The summed E-state index contributed by atoms with van der Waals surface area (Å²) in [5.74, 6) is -0.306. The smallest absolute Gasteiger partial charge is 0.269 e. The number of hydrogen-bond acceptors (Lipinski definition) is 2. The van der Waals surface area contributed by atoms with Gasteiger partial charge in [0.2, 0.25) is 5.91 Å². The molecular formula is C21H26N2O2. The predicted molar refractivity (Wildman–Crippen MR) is 100 cm³/mol. The van der Waals surface area contributed by atoms with Crippen LogP contribution >= 0.6 is 0 Å². The fourth-order valence-electron chi connectivity index (χ4n) is 2.57. The number of nitrogens with one attached hydrogen (secondary N) is 2. The molecule has 2 aromatic rings. The topological polar surface area (TPSA) is 58.2 Å². The fourth-order valence-corrected chi connectivity index (χ4v) is 2.57. The summed E-state index contributed by atoms with van der Waals surface area (Å²) in [7, 11) is 0. The van der Waals surface area contributed by atoms with E-state index < -0.39 is 0 Å². The highest BCUT2D eigenvalue weighted by atomic mass is 16.2. The van der Waals surface area contributed by atoms with Crippen LogP contribution in [0.3, 0.4) is 0 Å². The number of carbonyl (C=O) groups excluding carboxylic acids is 2. The Balaban J connectivity index is 1.91. The van der Waals surface area contributed by atoms with Crippen LogP contribution in [0.5, 0.6) is 0 Å². The molecule has 0 aliphatic carbocycles. The van der Waals surface area contributed by atoms with Crippen molar-refractivity contribution in [3.05, 3.63) is 70.8 Å². The van der Waals surface area contributed by atoms with Crippen molar-refractivity contribution in [1.29, 1.82) is 0 Å². The first-order chi connectivity index (χ1) is 11.9. The summed E-state index contributed by atoms with van der Waals surface area (Å²) < 4.78 is 0. The van der Waals surface area contributed by atoms with Gasteiger partial charge in [-0.1, -0.05) is 55.8 Å². The van der Waals surface area contributed by atoms with E-state index in [4.69, 9.17) is 0 Å². The third kappa shape index (κ3) is 5.45. The van der Waals surface area contributed by atoms with E-state index in [0.717, 1.165) is 17.5 Å². The van der Waals surface area contributed by atoms with Crippen LogP contribution in [-0.4, -0.2) is 11.8 Å². The second-order valence-electron chi connectivity index (χ2n) is 6.87. The van der Waals surface area contributed by atoms with E-state index in [1.165, 1.54) is 5.56 Å². The normalized spacial score (nSPS) is 11.9. The fraction of sp³-hybridized carbons (Fsp3) is 0.333. The summed E-state index contributed by atoms with van der Waals surface area (Å²) in [5, 5.41) is 0. The molecule has 1 atom stereocenters. The maximum absolute atomic E-state index is 12.3. The van der Waals surface area contributed by atoms with Crippen molar-refractivity contribution in [2.75, 3.05) is 0 Å². The Morgan fingerprint density at radius 3 is 2.04 bits per heavy atom. The minimum absolute atomic E-state index is 0.239. The number of hydrogen-bond donors (Lipinski definition) is 2. The summed E-state index contributed by atoms with van der Waals surface area (Å²) in [6.45, 7) is 8.14. The van der Waals surface area contributed by atoms with Gasteiger partial charge in [-0.05, 0) is 49.4 Å². The van der Waals surface area contributed by atoms with Crippen molar-refractivity contribution in [2.45, 2.75) is 40.0 Å². The van der Waals surface area contributed by atoms with E-state index in [1.807, 2.05) is 38.1 Å². The lowest BCUT2D eigenvalue weighted by molar-refractivity contribution is -0.123. The van der Waals surface area contributed by atoms with Crippen molar-refractivity contribution in [3.63, 3.8) is 0 Å². The highest BCUT2D eigenvalue weighted by Gasteiger charge is 2.16. The number of rotatable bonds is 5. The second kappa shape index (κ2) is 8.47. The third-order valence-electron chi connectivity index (χ3n) is 4.13. The van der Waals surface area contributed by atoms with Crippen molar-refractivity contribution >= 4 is 11.8 Å². The van der Waals surface area contributed by atoms with Crippen molar-refractivity contribution in [3.8, 4) is 0 Å². The van der Waals surface area contributed by atoms with Crippen LogP contribution in [0, 0.1) is 12.8 Å². The van der Waals surface area contributed by atoms with Gasteiger partial charge in [-0.15, -0.1) is 0 Å². The Labute approximate surface area is 149 Å². The van der Waals surface area contributed by atoms with E-state index in [1.54, 1.807) is 12.1 Å². The summed E-state index contributed by atoms with van der Waals surface area (Å²) in [6.07, 6.45) is 1.02. The average molecular weight is 338 g/mol. The summed E-state index contributed by atoms with van der Waals surface area (Å²) in [4.78, 5) is 24.3. The number of amides is 2. The highest BCUT2D eigenvalue weighted by Crippen LogP contribution is 2.17. The zero-order valence-electron chi connectivity index (χ0n) is 15.3. The number of aryl methyl sites for hydroxylation is 1. The van der Waals surface area contributed by atoms with E-state index in [0.29, 0.717) is 11.5 Å². The molecule has 4 nitrogen and oxygen atoms in total. The Morgan fingerprint density at radius 1 is 0.880 bits per heavy atom. The van der Waals surface area contributed by atoms with Crippen molar-refractivity contribution < 1.29 is 9.59 Å². The Morgan fingerprint density at radius 2 is 1.48 bits per heavy atom. The van der Waals surface area contributed by atoms with Crippen molar-refractivity contribution in [2.24, 2.45) is 5.92 Å². The number of carbonyl (C=O) groups is 2. The quantitative estimate of drug-likeness (QED) is 0.816. The summed E-state index contributed by atoms with van der Waals surface area (Å²) >= 11 is 0. The van der Waals surface area contributed by atoms with Gasteiger partial charge in [0, 0.05) is 5.56 Å². The van der Waals surface area contributed by atoms with E-state index >= 15 is 0 Å². The molecule has 0 aliphatic rings. The van der Waals surface area contributed by atoms with Crippen LogP contribution in [0.25, 0.3) is 0 Å². The zero-order valence-corrected chi connectivity index (χ0v) is 15.3. The predicted octanol–water partition coefficient (Wildman–Crippen LogP) is 3.76. The molecule has 0 radical (unpaired) electrons. The molecule has 0 spiro atoms. The lowest BCUT2D eigenvalue weighted by Gasteiger charge is -2.14. The van der Waals surface area contributed by atoms with Gasteiger partial charge < -0.3 is 0 Å². The van der Waals surface area contributed by atoms with Crippen molar-refractivity contribution in [1.82, 2.24) is 10.9 Å². The molecule has 0 heterocycles. The highest BCUT2D eigenvalue weighted by molar-refractivity contribution is 5.96. The number of hydrazine groups is 1. The molecule has 2 rings (SSSR count). The largest absolute Gasteiger partial charge is 0.273 e. The molecule has 2 aromatic carbocycles. The molecule has 2 N–H and O–H groups in total.